The monoisotopic (exact) mass is 95.1 g/mol. The molecule has 0 N–H and O–H groups in total. The minimum atomic E-state index is 0.877. The van der Waals surface area contributed by atoms with Crippen molar-refractivity contribution in [3.63, 3.8) is 0 Å². The molecule has 0 amide bonds. The van der Waals surface area contributed by atoms with Gasteiger partial charge in [0.15, 0.2) is 0 Å². The molecule has 0 bridgehead atoms. The van der Waals surface area contributed by atoms with Crippen LogP contribution in [0, 0.1) is 6.08 Å². The van der Waals surface area contributed by atoms with Gasteiger partial charge in [-0.15, -0.1) is 0 Å². The first-order chi connectivity index (χ1) is 3.27. The van der Waals surface area contributed by atoms with Gasteiger partial charge in [0.05, 0.1) is 0 Å². The number of rotatable bonds is 2. The fourth-order valence-electron chi connectivity index (χ4n) is 0.276. The zero-order valence-corrected chi connectivity index (χ0v) is 4.99. The molecule has 0 fully saturated rings. The van der Waals surface area contributed by atoms with E-state index in [0.29, 0.717) is 0 Å². The molecular formula is C7H11. The lowest BCUT2D eigenvalue weighted by atomic mass is 10.3. The molecule has 0 aliphatic carbocycles. The molecule has 7 heavy (non-hydrogen) atoms. The third-order valence-electron chi connectivity index (χ3n) is 0.655. The molecule has 0 nitrogen and oxygen atoms in total. The van der Waals surface area contributed by atoms with Crippen LogP contribution in [0.1, 0.15) is 20.3 Å². The van der Waals surface area contributed by atoms with Crippen molar-refractivity contribution >= 4 is 0 Å². The van der Waals surface area contributed by atoms with E-state index in [0.717, 1.165) is 6.42 Å². The van der Waals surface area contributed by atoms with Crippen molar-refractivity contribution in [3.8, 4) is 0 Å². The Bertz CT molecular complexity index is 74.0. The van der Waals surface area contributed by atoms with Gasteiger partial charge >= 0.3 is 0 Å². The summed E-state index contributed by atoms with van der Waals surface area (Å²) in [5, 5.41) is 0. The lowest BCUT2D eigenvalue weighted by molar-refractivity contribution is 1.26. The van der Waals surface area contributed by atoms with E-state index in [2.05, 4.69) is 32.6 Å². The highest BCUT2D eigenvalue weighted by molar-refractivity contribution is 4.94. The zero-order chi connectivity index (χ0) is 5.70. The first kappa shape index (κ1) is 6.48. The maximum absolute atomic E-state index is 3.46. The summed E-state index contributed by atoms with van der Waals surface area (Å²) in [6.07, 6.45) is 5.74. The molecule has 0 spiro atoms. The van der Waals surface area contributed by atoms with Crippen LogP contribution in [0.15, 0.2) is 18.2 Å². The summed E-state index contributed by atoms with van der Waals surface area (Å²) < 4.78 is 0. The predicted octanol–water partition coefficient (Wildman–Crippen LogP) is 2.33. The van der Waals surface area contributed by atoms with Crippen LogP contribution in [0.2, 0.25) is 0 Å². The predicted molar refractivity (Wildman–Crippen MR) is 32.9 cm³/mol. The molecular weight excluding hydrogens is 84.1 g/mol. The zero-order valence-electron chi connectivity index (χ0n) is 4.99. The Kier molecular flexibility index (Phi) is 3.39. The molecule has 0 atom stereocenters. The van der Waals surface area contributed by atoms with Gasteiger partial charge in [0.2, 0.25) is 0 Å². The molecule has 0 unspecified atom stereocenters. The summed E-state index contributed by atoms with van der Waals surface area (Å²) in [6, 6.07) is 0. The highest BCUT2D eigenvalue weighted by atomic mass is 13.8. The lowest BCUT2D eigenvalue weighted by Crippen LogP contribution is -1.61. The molecule has 1 radical (unpaired) electrons. The van der Waals surface area contributed by atoms with Gasteiger partial charge in [0.1, 0.15) is 0 Å². The normalized spacial score (nSPS) is 7.71. The first-order valence-corrected chi connectivity index (χ1v) is 2.40. The third-order valence-corrected chi connectivity index (χ3v) is 0.655. The fourth-order valence-corrected chi connectivity index (χ4v) is 0.276. The summed E-state index contributed by atoms with van der Waals surface area (Å²) >= 11 is 0. The van der Waals surface area contributed by atoms with E-state index < -0.39 is 0 Å². The van der Waals surface area contributed by atoms with E-state index >= 15 is 0 Å². The number of hydrogen-bond acceptors (Lipinski definition) is 0. The van der Waals surface area contributed by atoms with Crippen molar-refractivity contribution in [2.24, 2.45) is 0 Å². The summed E-state index contributed by atoms with van der Waals surface area (Å²) in [5.74, 6) is 0. The molecule has 0 rings (SSSR count). The Morgan fingerprint density at radius 3 is 2.43 bits per heavy atom. The summed E-state index contributed by atoms with van der Waals surface area (Å²) in [7, 11) is 0. The summed E-state index contributed by atoms with van der Waals surface area (Å²) in [6.45, 7) is 7.60. The fraction of sp³-hybridized carbons (Fsp3) is 0.429. The van der Waals surface area contributed by atoms with Gasteiger partial charge in [-0.1, -0.05) is 18.2 Å². The van der Waals surface area contributed by atoms with Crippen LogP contribution in [0.4, 0.5) is 0 Å². The second-order valence-corrected chi connectivity index (χ2v) is 1.74. The number of hydrogen-bond donors (Lipinski definition) is 0. The van der Waals surface area contributed by atoms with Crippen molar-refractivity contribution < 1.29 is 0 Å². The molecule has 0 heterocycles. The van der Waals surface area contributed by atoms with Gasteiger partial charge in [0, 0.05) is 0 Å². The average molecular weight is 95.2 g/mol. The van der Waals surface area contributed by atoms with Gasteiger partial charge in [0.25, 0.3) is 0 Å². The van der Waals surface area contributed by atoms with E-state index in [4.69, 9.17) is 0 Å². The van der Waals surface area contributed by atoms with Crippen molar-refractivity contribution in [2.45, 2.75) is 20.3 Å². The van der Waals surface area contributed by atoms with Crippen LogP contribution < -0.4 is 0 Å². The molecule has 39 valence electrons. The Morgan fingerprint density at radius 2 is 2.29 bits per heavy atom. The Morgan fingerprint density at radius 1 is 1.71 bits per heavy atom. The van der Waals surface area contributed by atoms with Gasteiger partial charge in [-0.3, -0.25) is 0 Å². The smallest absolute Gasteiger partial charge is 0.00982 e. The Labute approximate surface area is 45.5 Å². The summed E-state index contributed by atoms with van der Waals surface area (Å²) in [4.78, 5) is 0. The molecule has 0 aromatic carbocycles. The standard InChI is InChI=1S/C7H11/c1-4-5-6-7(2)3/h6H,1,5H2,2-3H3. The van der Waals surface area contributed by atoms with Gasteiger partial charge in [-0.25, -0.2) is 0 Å². The van der Waals surface area contributed by atoms with Crippen LogP contribution >= 0.6 is 0 Å². The molecule has 0 heteroatoms. The second kappa shape index (κ2) is 3.66. The van der Waals surface area contributed by atoms with Gasteiger partial charge in [-0.05, 0) is 26.3 Å². The minimum Gasteiger partial charge on any atom is -0.0953 e. The molecule has 0 aliphatic heterocycles. The average Bonchev–Trinajstić information content (AvgIpc) is 1.61. The number of allylic oxidation sites excluding steroid dienone is 3. The summed E-state index contributed by atoms with van der Waals surface area (Å²) in [5.41, 5.74) is 1.33. The quantitative estimate of drug-likeness (QED) is 0.462. The second-order valence-electron chi connectivity index (χ2n) is 1.74. The Balaban J connectivity index is 3.25. The minimum absolute atomic E-state index is 0.877. The molecule has 0 saturated heterocycles. The lowest BCUT2D eigenvalue weighted by Gasteiger charge is -1.81. The van der Waals surface area contributed by atoms with Crippen LogP contribution in [0.5, 0.6) is 0 Å². The first-order valence-electron chi connectivity index (χ1n) is 2.40. The maximum Gasteiger partial charge on any atom is -0.00982 e. The van der Waals surface area contributed by atoms with Crippen LogP contribution in [-0.4, -0.2) is 0 Å². The molecule has 0 aliphatic rings. The highest BCUT2D eigenvalue weighted by Crippen LogP contribution is 1.90. The van der Waals surface area contributed by atoms with E-state index in [9.17, 15) is 0 Å². The molecule has 0 saturated carbocycles. The molecule has 0 aromatic rings. The SMILES string of the molecule is C=[C]CC=C(C)C. The van der Waals surface area contributed by atoms with E-state index in [1.807, 2.05) is 0 Å². The van der Waals surface area contributed by atoms with Gasteiger partial charge in [-0.2, -0.15) is 0 Å². The topological polar surface area (TPSA) is 0 Å². The van der Waals surface area contributed by atoms with Gasteiger partial charge < -0.3 is 0 Å². The largest absolute Gasteiger partial charge is 0.0953 e. The molecule has 0 aromatic heterocycles. The highest BCUT2D eigenvalue weighted by Gasteiger charge is 1.70. The van der Waals surface area contributed by atoms with Crippen molar-refractivity contribution in [1.82, 2.24) is 0 Å². The van der Waals surface area contributed by atoms with Crippen molar-refractivity contribution in [1.29, 1.82) is 0 Å². The third kappa shape index (κ3) is 5.48. The maximum atomic E-state index is 3.46. The van der Waals surface area contributed by atoms with Crippen molar-refractivity contribution in [2.75, 3.05) is 0 Å². The van der Waals surface area contributed by atoms with Crippen LogP contribution in [0.25, 0.3) is 0 Å². The Hall–Kier alpha value is -0.520. The van der Waals surface area contributed by atoms with Crippen molar-refractivity contribution in [3.05, 3.63) is 24.3 Å². The van der Waals surface area contributed by atoms with Crippen LogP contribution in [-0.2, 0) is 0 Å². The van der Waals surface area contributed by atoms with E-state index in [-0.39, 0.29) is 0 Å². The van der Waals surface area contributed by atoms with Crippen LogP contribution in [0.3, 0.4) is 0 Å². The van der Waals surface area contributed by atoms with E-state index in [1.165, 1.54) is 5.57 Å². The van der Waals surface area contributed by atoms with E-state index in [1.54, 1.807) is 0 Å².